The van der Waals surface area contributed by atoms with Crippen molar-refractivity contribution in [2.45, 2.75) is 19.4 Å². The number of fused-ring (bicyclic) bond motifs is 3. The van der Waals surface area contributed by atoms with Crippen LogP contribution in [0.25, 0.3) is 27.9 Å². The highest BCUT2D eigenvalue weighted by molar-refractivity contribution is 5.91. The molecule has 29 heavy (non-hydrogen) atoms. The lowest BCUT2D eigenvalue weighted by molar-refractivity contribution is 0.616. The molecule has 0 saturated carbocycles. The average molecular weight is 382 g/mol. The SMILES string of the molecule is CN[C@H]1CCN(c2c(-c3ccccc3)c(C)c(C#N)c3nc4ncccc4n23)C1. The van der Waals surface area contributed by atoms with Crippen molar-refractivity contribution in [3.8, 4) is 17.2 Å². The lowest BCUT2D eigenvalue weighted by Crippen LogP contribution is -2.30. The molecule has 4 heterocycles. The van der Waals surface area contributed by atoms with Gasteiger partial charge in [0.15, 0.2) is 11.3 Å². The Morgan fingerprint density at radius 2 is 2.00 bits per heavy atom. The molecule has 144 valence electrons. The maximum absolute atomic E-state index is 10.0. The number of likely N-dealkylation sites (N-methyl/N-ethyl adjacent to an activating group) is 1. The number of nitriles is 1. The number of aromatic nitrogens is 3. The summed E-state index contributed by atoms with van der Waals surface area (Å²) in [6, 6.07) is 17.1. The molecule has 0 radical (unpaired) electrons. The summed E-state index contributed by atoms with van der Waals surface area (Å²) in [7, 11) is 2.02. The third-order valence-electron chi connectivity index (χ3n) is 5.91. The van der Waals surface area contributed by atoms with Crippen molar-refractivity contribution in [2.75, 3.05) is 25.0 Å². The minimum absolute atomic E-state index is 0.442. The molecular formula is C23H22N6. The molecule has 1 N–H and O–H groups in total. The predicted molar refractivity (Wildman–Crippen MR) is 115 cm³/mol. The van der Waals surface area contributed by atoms with E-state index in [9.17, 15) is 5.26 Å². The van der Waals surface area contributed by atoms with Gasteiger partial charge in [-0.3, -0.25) is 4.40 Å². The van der Waals surface area contributed by atoms with Gasteiger partial charge in [0.1, 0.15) is 11.9 Å². The first-order valence-electron chi connectivity index (χ1n) is 9.90. The van der Waals surface area contributed by atoms with Crippen molar-refractivity contribution in [1.29, 1.82) is 5.26 Å². The molecule has 6 nitrogen and oxygen atoms in total. The summed E-state index contributed by atoms with van der Waals surface area (Å²) >= 11 is 0. The monoisotopic (exact) mass is 382 g/mol. The fraction of sp³-hybridized carbons (Fsp3) is 0.261. The number of nitrogens with zero attached hydrogens (tertiary/aromatic N) is 5. The number of nitrogens with one attached hydrogen (secondary N) is 1. The molecule has 1 atom stereocenters. The molecule has 0 bridgehead atoms. The average Bonchev–Trinajstić information content (AvgIpc) is 3.38. The van der Waals surface area contributed by atoms with Gasteiger partial charge in [-0.2, -0.15) is 5.26 Å². The molecule has 6 heteroatoms. The van der Waals surface area contributed by atoms with Crippen molar-refractivity contribution < 1.29 is 0 Å². The van der Waals surface area contributed by atoms with E-state index in [2.05, 4.69) is 37.8 Å². The summed E-state index contributed by atoms with van der Waals surface area (Å²) in [5.41, 5.74) is 6.05. The largest absolute Gasteiger partial charge is 0.356 e. The number of pyridine rings is 2. The second-order valence-corrected chi connectivity index (χ2v) is 7.51. The van der Waals surface area contributed by atoms with Crippen molar-refractivity contribution in [3.63, 3.8) is 0 Å². The van der Waals surface area contributed by atoms with E-state index < -0.39 is 0 Å². The summed E-state index contributed by atoms with van der Waals surface area (Å²) < 4.78 is 2.13. The minimum Gasteiger partial charge on any atom is -0.356 e. The number of imidazole rings is 1. The van der Waals surface area contributed by atoms with E-state index >= 15 is 0 Å². The smallest absolute Gasteiger partial charge is 0.178 e. The van der Waals surface area contributed by atoms with Gasteiger partial charge in [0.25, 0.3) is 0 Å². The van der Waals surface area contributed by atoms with Crippen molar-refractivity contribution in [2.24, 2.45) is 0 Å². The lowest BCUT2D eigenvalue weighted by Gasteiger charge is -2.26. The van der Waals surface area contributed by atoms with E-state index in [0.717, 1.165) is 47.5 Å². The molecule has 0 aliphatic carbocycles. The molecule has 0 amide bonds. The molecule has 1 saturated heterocycles. The van der Waals surface area contributed by atoms with Gasteiger partial charge in [0, 0.05) is 30.9 Å². The minimum atomic E-state index is 0.442. The van der Waals surface area contributed by atoms with Crippen LogP contribution in [0.4, 0.5) is 5.82 Å². The second kappa shape index (κ2) is 6.87. The fourth-order valence-electron chi connectivity index (χ4n) is 4.44. The quantitative estimate of drug-likeness (QED) is 0.587. The lowest BCUT2D eigenvalue weighted by atomic mass is 9.97. The van der Waals surface area contributed by atoms with Crippen molar-refractivity contribution in [3.05, 3.63) is 59.8 Å². The fourth-order valence-corrected chi connectivity index (χ4v) is 4.44. The van der Waals surface area contributed by atoms with Crippen LogP contribution in [0.5, 0.6) is 0 Å². The van der Waals surface area contributed by atoms with E-state index in [4.69, 9.17) is 4.98 Å². The first-order chi connectivity index (χ1) is 14.2. The van der Waals surface area contributed by atoms with Crippen LogP contribution in [0, 0.1) is 18.3 Å². The van der Waals surface area contributed by atoms with Crippen molar-refractivity contribution in [1.82, 2.24) is 19.7 Å². The number of hydrogen-bond acceptors (Lipinski definition) is 5. The molecule has 5 rings (SSSR count). The van der Waals surface area contributed by atoms with Gasteiger partial charge in [-0.1, -0.05) is 30.3 Å². The number of rotatable bonds is 3. The van der Waals surface area contributed by atoms with Crippen LogP contribution in [0.3, 0.4) is 0 Å². The number of anilines is 1. The number of hydrogen-bond donors (Lipinski definition) is 1. The van der Waals surface area contributed by atoms with E-state index in [1.54, 1.807) is 6.20 Å². The molecule has 3 aromatic heterocycles. The van der Waals surface area contributed by atoms with E-state index in [1.165, 1.54) is 0 Å². The highest BCUT2D eigenvalue weighted by Crippen LogP contribution is 2.40. The Morgan fingerprint density at radius 3 is 2.72 bits per heavy atom. The molecule has 1 aromatic carbocycles. The molecule has 1 fully saturated rings. The molecular weight excluding hydrogens is 360 g/mol. The zero-order chi connectivity index (χ0) is 20.0. The van der Waals surface area contributed by atoms with Gasteiger partial charge >= 0.3 is 0 Å². The zero-order valence-electron chi connectivity index (χ0n) is 16.6. The Labute approximate surface area is 169 Å². The third kappa shape index (κ3) is 2.66. The molecule has 1 aliphatic heterocycles. The molecule has 4 aromatic rings. The van der Waals surface area contributed by atoms with Crippen LogP contribution in [-0.4, -0.2) is 40.5 Å². The molecule has 1 aliphatic rings. The van der Waals surface area contributed by atoms with Crippen LogP contribution >= 0.6 is 0 Å². The predicted octanol–water partition coefficient (Wildman–Crippen LogP) is 3.53. The number of benzene rings is 1. The Balaban J connectivity index is 1.94. The van der Waals surface area contributed by atoms with Gasteiger partial charge in [0.2, 0.25) is 0 Å². The standard InChI is InChI=1S/C23H22N6/c1-15-18(13-24)22-27-21-19(9-6-11-26-21)29(22)23(28-12-10-17(14-28)25-2)20(15)16-7-4-3-5-8-16/h3-9,11,17,25H,10,12,14H2,1-2H3/t17-/m0/s1. The topological polar surface area (TPSA) is 69.2 Å². The Morgan fingerprint density at radius 1 is 1.17 bits per heavy atom. The Bertz CT molecular complexity index is 1250. The molecule has 0 unspecified atom stereocenters. The van der Waals surface area contributed by atoms with Gasteiger partial charge in [-0.05, 0) is 43.7 Å². The van der Waals surface area contributed by atoms with Crippen LogP contribution < -0.4 is 10.2 Å². The summed E-state index contributed by atoms with van der Waals surface area (Å²) in [6.07, 6.45) is 2.83. The Kier molecular flexibility index (Phi) is 4.18. The van der Waals surface area contributed by atoms with E-state index in [0.29, 0.717) is 22.9 Å². The zero-order valence-corrected chi connectivity index (χ0v) is 16.6. The van der Waals surface area contributed by atoms with Gasteiger partial charge in [0.05, 0.1) is 11.1 Å². The van der Waals surface area contributed by atoms with Crippen LogP contribution in [0.1, 0.15) is 17.5 Å². The first kappa shape index (κ1) is 17.7. The van der Waals surface area contributed by atoms with Gasteiger partial charge in [-0.15, -0.1) is 0 Å². The highest BCUT2D eigenvalue weighted by atomic mass is 15.3. The highest BCUT2D eigenvalue weighted by Gasteiger charge is 2.29. The van der Waals surface area contributed by atoms with Crippen LogP contribution in [-0.2, 0) is 0 Å². The van der Waals surface area contributed by atoms with Gasteiger partial charge < -0.3 is 10.2 Å². The summed E-state index contributed by atoms with van der Waals surface area (Å²) in [6.45, 7) is 3.89. The normalized spacial score (nSPS) is 16.6. The van der Waals surface area contributed by atoms with Crippen molar-refractivity contribution >= 4 is 22.6 Å². The maximum atomic E-state index is 10.0. The van der Waals surface area contributed by atoms with E-state index in [1.807, 2.05) is 44.3 Å². The van der Waals surface area contributed by atoms with E-state index in [-0.39, 0.29) is 0 Å². The summed E-state index contributed by atoms with van der Waals surface area (Å²) in [5.74, 6) is 1.09. The maximum Gasteiger partial charge on any atom is 0.178 e. The second-order valence-electron chi connectivity index (χ2n) is 7.51. The summed E-state index contributed by atoms with van der Waals surface area (Å²) in [5, 5.41) is 13.4. The Hall–Kier alpha value is -3.43. The van der Waals surface area contributed by atoms with Crippen LogP contribution in [0.15, 0.2) is 48.7 Å². The first-order valence-corrected chi connectivity index (χ1v) is 9.90. The van der Waals surface area contributed by atoms with Crippen LogP contribution in [0.2, 0.25) is 0 Å². The third-order valence-corrected chi connectivity index (χ3v) is 5.91. The molecule has 0 spiro atoms. The summed E-state index contributed by atoms with van der Waals surface area (Å²) in [4.78, 5) is 11.6. The van der Waals surface area contributed by atoms with Gasteiger partial charge in [-0.25, -0.2) is 9.97 Å².